The largest absolute Gasteiger partial charge is 0.390 e. The number of benzene rings is 1. The molecule has 1 amide bonds. The topological polar surface area (TPSA) is 91.2 Å². The third kappa shape index (κ3) is 6.81. The van der Waals surface area contributed by atoms with Crippen molar-refractivity contribution in [3.05, 3.63) is 95.2 Å². The molecule has 2 N–H and O–H groups in total. The maximum absolute atomic E-state index is 13.0. The van der Waals surface area contributed by atoms with Crippen molar-refractivity contribution >= 4 is 23.8 Å². The van der Waals surface area contributed by atoms with Gasteiger partial charge in [-0.15, -0.1) is 0 Å². The Morgan fingerprint density at radius 2 is 1.70 bits per heavy atom. The van der Waals surface area contributed by atoms with Gasteiger partial charge in [0, 0.05) is 29.2 Å². The highest BCUT2D eigenvalue weighted by atomic mass is 35.5. The Kier molecular flexibility index (Phi) is 9.93. The summed E-state index contributed by atoms with van der Waals surface area (Å²) in [5.74, 6) is 0.387. The summed E-state index contributed by atoms with van der Waals surface area (Å²) >= 11 is 6.06. The maximum Gasteiger partial charge on any atom is 0.280 e. The van der Waals surface area contributed by atoms with E-state index in [1.165, 1.54) is 17.1 Å². The summed E-state index contributed by atoms with van der Waals surface area (Å²) in [6, 6.07) is 15.4. The number of rotatable bonds is 9. The summed E-state index contributed by atoms with van der Waals surface area (Å²) < 4.78 is 35.5. The third-order valence-electron chi connectivity index (χ3n) is 5.26. The first-order valence-electron chi connectivity index (χ1n) is 10.9. The normalized spacial score (nSPS) is 10.5. The number of aliphatic hydroxyl groups is 1. The molecular formula is C26H23ClF3N5O2. The third-order valence-corrected chi connectivity index (χ3v) is 5.51. The van der Waals surface area contributed by atoms with E-state index < -0.39 is 18.7 Å². The average Bonchev–Trinajstić information content (AvgIpc) is 2.94. The Labute approximate surface area is 216 Å². The van der Waals surface area contributed by atoms with Gasteiger partial charge in [-0.25, -0.2) is 18.7 Å². The van der Waals surface area contributed by atoms with Crippen LogP contribution in [0.15, 0.2) is 73.2 Å². The Morgan fingerprint density at radius 3 is 2.32 bits per heavy atom. The van der Waals surface area contributed by atoms with Crippen LogP contribution in [-0.2, 0) is 17.9 Å². The van der Waals surface area contributed by atoms with Crippen LogP contribution in [0.5, 0.6) is 0 Å². The van der Waals surface area contributed by atoms with Gasteiger partial charge in [-0.05, 0) is 58.7 Å². The fourth-order valence-electron chi connectivity index (χ4n) is 3.60. The molecule has 0 saturated heterocycles. The number of nitrogens with one attached hydrogen (secondary N) is 1. The molecule has 1 aromatic carbocycles. The van der Waals surface area contributed by atoms with E-state index in [0.29, 0.717) is 30.0 Å². The molecule has 4 aromatic rings. The lowest BCUT2D eigenvalue weighted by Gasteiger charge is -2.23. The van der Waals surface area contributed by atoms with E-state index in [1.807, 2.05) is 30.3 Å². The molecule has 192 valence electrons. The van der Waals surface area contributed by atoms with Crippen molar-refractivity contribution in [2.24, 2.45) is 0 Å². The number of alkyl halides is 3. The van der Waals surface area contributed by atoms with Crippen molar-refractivity contribution in [1.82, 2.24) is 20.0 Å². The van der Waals surface area contributed by atoms with Crippen LogP contribution in [0.2, 0.25) is 5.02 Å². The number of pyridine rings is 3. The second-order valence-corrected chi connectivity index (χ2v) is 7.91. The second-order valence-electron chi connectivity index (χ2n) is 7.47. The molecule has 0 spiro atoms. The van der Waals surface area contributed by atoms with Crippen molar-refractivity contribution in [2.45, 2.75) is 19.6 Å². The first-order valence-corrected chi connectivity index (χ1v) is 11.3. The zero-order chi connectivity index (χ0) is 26.8. The van der Waals surface area contributed by atoms with E-state index in [0.717, 1.165) is 22.3 Å². The van der Waals surface area contributed by atoms with Crippen LogP contribution < -0.4 is 5.43 Å². The van der Waals surface area contributed by atoms with Gasteiger partial charge >= 0.3 is 0 Å². The minimum atomic E-state index is -2.77. The van der Waals surface area contributed by atoms with Gasteiger partial charge in [0.1, 0.15) is 5.69 Å². The van der Waals surface area contributed by atoms with Crippen LogP contribution in [0.4, 0.5) is 19.0 Å². The maximum atomic E-state index is 13.0. The van der Waals surface area contributed by atoms with Crippen LogP contribution in [-0.4, -0.2) is 38.7 Å². The zero-order valence-corrected chi connectivity index (χ0v) is 20.4. The number of carbonyl (C=O) groups is 1. The quantitative estimate of drug-likeness (QED) is 0.208. The van der Waals surface area contributed by atoms with Gasteiger partial charge in [0.2, 0.25) is 6.41 Å². The molecule has 0 fully saturated rings. The number of anilines is 1. The zero-order valence-electron chi connectivity index (χ0n) is 19.7. The van der Waals surface area contributed by atoms with Crippen LogP contribution in [0.1, 0.15) is 23.4 Å². The van der Waals surface area contributed by atoms with Crippen LogP contribution >= 0.6 is 11.6 Å². The number of halogens is 4. The van der Waals surface area contributed by atoms with Crippen LogP contribution in [0, 0.1) is 0 Å². The number of hydrogen-bond acceptors (Lipinski definition) is 6. The summed E-state index contributed by atoms with van der Waals surface area (Å²) in [5.41, 5.74) is 6.30. The van der Waals surface area contributed by atoms with E-state index in [2.05, 4.69) is 20.4 Å². The number of aromatic nitrogens is 3. The van der Waals surface area contributed by atoms with Gasteiger partial charge in [0.15, 0.2) is 5.82 Å². The fraction of sp³-hybridized carbons (Fsp3) is 0.154. The lowest BCUT2D eigenvalue weighted by atomic mass is 9.96. The summed E-state index contributed by atoms with van der Waals surface area (Å²) in [6.07, 6.45) is 2.70. The predicted octanol–water partition coefficient (Wildman–Crippen LogP) is 5.86. The molecule has 0 unspecified atom stereocenters. The molecule has 7 nitrogen and oxygen atoms in total. The highest BCUT2D eigenvalue weighted by Crippen LogP contribution is 2.37. The minimum Gasteiger partial charge on any atom is -0.390 e. The van der Waals surface area contributed by atoms with Gasteiger partial charge in [0.05, 0.1) is 26.0 Å². The van der Waals surface area contributed by atoms with Crippen molar-refractivity contribution in [3.63, 3.8) is 0 Å². The van der Waals surface area contributed by atoms with Crippen LogP contribution in [0.25, 0.3) is 22.3 Å². The summed E-state index contributed by atoms with van der Waals surface area (Å²) in [5, 5.41) is 11.4. The first kappa shape index (κ1) is 27.6. The number of amides is 1. The standard InChI is InChI=1S/C25H20ClF2N5O2.CH3F/c26-19-4-1-16(2-5-19)20-9-12-30-25(23(20)17-7-10-29-11-8-17)32-33(15-35)13-18-3-6-21(24(27)28)31-22(18)14-34;1-2/h1-12,15,24,34H,13-14H2,(H,30,32);1H3. The SMILES string of the molecule is CF.O=CN(Cc1ccc(C(F)F)nc1CO)Nc1nccc(-c2ccc(Cl)cc2)c1-c1ccncc1. The Morgan fingerprint density at radius 1 is 1.00 bits per heavy atom. The molecule has 0 atom stereocenters. The number of aliphatic hydroxyl groups excluding tert-OH is 1. The summed E-state index contributed by atoms with van der Waals surface area (Å²) in [7, 11) is 0.500. The molecule has 37 heavy (non-hydrogen) atoms. The van der Waals surface area contributed by atoms with E-state index in [9.17, 15) is 23.1 Å². The molecule has 0 aliphatic rings. The van der Waals surface area contributed by atoms with Gasteiger partial charge in [-0.3, -0.25) is 24.6 Å². The monoisotopic (exact) mass is 529 g/mol. The minimum absolute atomic E-state index is 0.0431. The molecule has 0 saturated carbocycles. The molecule has 0 aliphatic carbocycles. The highest BCUT2D eigenvalue weighted by molar-refractivity contribution is 6.30. The molecule has 0 bridgehead atoms. The lowest BCUT2D eigenvalue weighted by molar-refractivity contribution is -0.117. The van der Waals surface area contributed by atoms with Crippen molar-refractivity contribution < 1.29 is 23.1 Å². The van der Waals surface area contributed by atoms with E-state index in [1.54, 1.807) is 30.7 Å². The van der Waals surface area contributed by atoms with Gasteiger partial charge in [-0.2, -0.15) is 0 Å². The Bertz CT molecular complexity index is 1310. The molecule has 11 heteroatoms. The molecule has 4 rings (SSSR count). The Balaban J connectivity index is 0.00000186. The second kappa shape index (κ2) is 13.3. The smallest absolute Gasteiger partial charge is 0.280 e. The Hall–Kier alpha value is -4.02. The van der Waals surface area contributed by atoms with E-state index in [4.69, 9.17) is 11.6 Å². The highest BCUT2D eigenvalue weighted by Gasteiger charge is 2.18. The number of nitrogens with zero attached hydrogens (tertiary/aromatic N) is 4. The lowest BCUT2D eigenvalue weighted by Crippen LogP contribution is -2.29. The van der Waals surface area contributed by atoms with E-state index in [-0.39, 0.29) is 12.2 Å². The molecular weight excluding hydrogens is 507 g/mol. The van der Waals surface area contributed by atoms with Crippen molar-refractivity contribution in [1.29, 1.82) is 0 Å². The molecule has 0 radical (unpaired) electrons. The molecule has 3 aromatic heterocycles. The average molecular weight is 530 g/mol. The van der Waals surface area contributed by atoms with Crippen LogP contribution in [0.3, 0.4) is 0 Å². The van der Waals surface area contributed by atoms with Gasteiger partial charge < -0.3 is 5.11 Å². The first-order chi connectivity index (χ1) is 18.0. The van der Waals surface area contributed by atoms with Gasteiger partial charge in [0.25, 0.3) is 6.43 Å². The summed E-state index contributed by atoms with van der Waals surface area (Å²) in [6.45, 7) is -0.590. The number of hydrazine groups is 1. The van der Waals surface area contributed by atoms with Gasteiger partial charge in [-0.1, -0.05) is 29.8 Å². The fourth-order valence-corrected chi connectivity index (χ4v) is 3.73. The number of hydrogen-bond donors (Lipinski definition) is 2. The summed E-state index contributed by atoms with van der Waals surface area (Å²) in [4.78, 5) is 24.3. The van der Waals surface area contributed by atoms with Crippen molar-refractivity contribution in [2.75, 3.05) is 12.6 Å². The molecule has 0 aliphatic heterocycles. The van der Waals surface area contributed by atoms with Crippen molar-refractivity contribution in [3.8, 4) is 22.3 Å². The molecule has 3 heterocycles. The number of carbonyl (C=O) groups excluding carboxylic acids is 1. The van der Waals surface area contributed by atoms with E-state index >= 15 is 0 Å². The predicted molar refractivity (Wildman–Crippen MR) is 135 cm³/mol.